The van der Waals surface area contributed by atoms with Crippen LogP contribution in [-0.4, -0.2) is 26.3 Å². The van der Waals surface area contributed by atoms with Gasteiger partial charge in [0.15, 0.2) is 0 Å². The molecule has 21 heavy (non-hydrogen) atoms. The lowest BCUT2D eigenvalue weighted by Gasteiger charge is -2.28. The van der Waals surface area contributed by atoms with Gasteiger partial charge in [-0.3, -0.25) is 0 Å². The zero-order valence-electron chi connectivity index (χ0n) is 11.8. The summed E-state index contributed by atoms with van der Waals surface area (Å²) in [7, 11) is 0. The van der Waals surface area contributed by atoms with Crippen molar-refractivity contribution in [1.29, 1.82) is 0 Å². The van der Waals surface area contributed by atoms with E-state index in [9.17, 15) is 0 Å². The molecule has 1 aliphatic rings. The molecule has 2 aromatic rings. The highest BCUT2D eigenvalue weighted by Gasteiger charge is 2.10. The predicted molar refractivity (Wildman–Crippen MR) is 92.0 cm³/mol. The lowest BCUT2D eigenvalue weighted by molar-refractivity contribution is 0.122. The third-order valence-electron chi connectivity index (χ3n) is 3.62. The number of thiophene rings is 1. The van der Waals surface area contributed by atoms with Crippen molar-refractivity contribution in [3.8, 4) is 0 Å². The van der Waals surface area contributed by atoms with Crippen molar-refractivity contribution < 1.29 is 4.74 Å². The smallest absolute Gasteiger partial charge is 0.0642 e. The fraction of sp³-hybridized carbons (Fsp3) is 0.375. The van der Waals surface area contributed by atoms with Crippen LogP contribution in [0, 0.1) is 0 Å². The molecule has 1 fully saturated rings. The summed E-state index contributed by atoms with van der Waals surface area (Å²) in [6.07, 6.45) is 0. The van der Waals surface area contributed by atoms with Crippen molar-refractivity contribution >= 4 is 33.0 Å². The summed E-state index contributed by atoms with van der Waals surface area (Å²) in [5.74, 6) is 0. The Morgan fingerprint density at radius 1 is 1.10 bits per heavy atom. The highest BCUT2D eigenvalue weighted by atomic mass is 79.9. The molecular weight excluding hydrogens is 348 g/mol. The van der Waals surface area contributed by atoms with Gasteiger partial charge in [-0.25, -0.2) is 0 Å². The second kappa shape index (κ2) is 7.40. The first kappa shape index (κ1) is 15.0. The number of nitrogens with zero attached hydrogens (tertiary/aromatic N) is 1. The third-order valence-corrected chi connectivity index (χ3v) is 5.54. The summed E-state index contributed by atoms with van der Waals surface area (Å²) in [4.78, 5) is 3.73. The highest BCUT2D eigenvalue weighted by Crippen LogP contribution is 2.22. The van der Waals surface area contributed by atoms with E-state index in [1.165, 1.54) is 20.6 Å². The van der Waals surface area contributed by atoms with Gasteiger partial charge in [-0.2, -0.15) is 0 Å². The third kappa shape index (κ3) is 4.07. The van der Waals surface area contributed by atoms with Crippen LogP contribution < -0.4 is 10.2 Å². The number of halogens is 1. The normalized spacial score (nSPS) is 15.4. The standard InChI is InChI=1S/C16H19BrN2OS/c17-15-5-10-21-16(15)12-18-11-13-1-3-14(4-2-13)19-6-8-20-9-7-19/h1-5,10,18H,6-9,11-12H2. The second-order valence-corrected chi connectivity index (χ2v) is 6.92. The number of morpholine rings is 1. The van der Waals surface area contributed by atoms with Crippen molar-refractivity contribution in [2.45, 2.75) is 13.1 Å². The van der Waals surface area contributed by atoms with Gasteiger partial charge < -0.3 is 15.0 Å². The maximum Gasteiger partial charge on any atom is 0.0642 e. The van der Waals surface area contributed by atoms with E-state index >= 15 is 0 Å². The van der Waals surface area contributed by atoms with E-state index in [0.717, 1.165) is 39.4 Å². The molecular formula is C16H19BrN2OS. The molecule has 1 aromatic heterocycles. The molecule has 0 atom stereocenters. The number of anilines is 1. The second-order valence-electron chi connectivity index (χ2n) is 5.06. The van der Waals surface area contributed by atoms with Crippen molar-refractivity contribution in [2.75, 3.05) is 31.2 Å². The van der Waals surface area contributed by atoms with Gasteiger partial charge in [-0.05, 0) is 45.1 Å². The van der Waals surface area contributed by atoms with Crippen LogP contribution in [0.2, 0.25) is 0 Å². The van der Waals surface area contributed by atoms with Crippen molar-refractivity contribution in [3.05, 3.63) is 50.6 Å². The van der Waals surface area contributed by atoms with E-state index in [0.29, 0.717) is 0 Å². The fourth-order valence-electron chi connectivity index (χ4n) is 2.42. The van der Waals surface area contributed by atoms with Crippen molar-refractivity contribution in [3.63, 3.8) is 0 Å². The number of rotatable bonds is 5. The number of hydrogen-bond donors (Lipinski definition) is 1. The summed E-state index contributed by atoms with van der Waals surface area (Å²) in [5, 5.41) is 5.60. The molecule has 1 saturated heterocycles. The maximum absolute atomic E-state index is 5.39. The van der Waals surface area contributed by atoms with Crippen LogP contribution in [0.15, 0.2) is 40.2 Å². The van der Waals surface area contributed by atoms with Crippen molar-refractivity contribution in [1.82, 2.24) is 5.32 Å². The minimum absolute atomic E-state index is 0.832. The molecule has 0 spiro atoms. The lowest BCUT2D eigenvalue weighted by atomic mass is 10.2. The number of ether oxygens (including phenoxy) is 1. The topological polar surface area (TPSA) is 24.5 Å². The molecule has 3 rings (SSSR count). The van der Waals surface area contributed by atoms with Crippen LogP contribution in [0.1, 0.15) is 10.4 Å². The maximum atomic E-state index is 5.39. The van der Waals surface area contributed by atoms with Gasteiger partial charge in [-0.15, -0.1) is 11.3 Å². The Hall–Kier alpha value is -0.880. The van der Waals surface area contributed by atoms with Gasteiger partial charge in [0.1, 0.15) is 0 Å². The van der Waals surface area contributed by atoms with Crippen LogP contribution in [-0.2, 0) is 17.8 Å². The molecule has 0 unspecified atom stereocenters. The summed E-state index contributed by atoms with van der Waals surface area (Å²) in [5.41, 5.74) is 2.61. The minimum Gasteiger partial charge on any atom is -0.378 e. The molecule has 0 aliphatic carbocycles. The summed E-state index contributed by atoms with van der Waals surface area (Å²) in [6.45, 7) is 5.45. The molecule has 1 aliphatic heterocycles. The van der Waals surface area contributed by atoms with E-state index < -0.39 is 0 Å². The van der Waals surface area contributed by atoms with Crippen LogP contribution in [0.3, 0.4) is 0 Å². The van der Waals surface area contributed by atoms with E-state index in [2.05, 4.69) is 61.9 Å². The van der Waals surface area contributed by atoms with Gasteiger partial charge in [0, 0.05) is 41.2 Å². The fourth-order valence-corrected chi connectivity index (χ4v) is 3.88. The Morgan fingerprint density at radius 2 is 1.86 bits per heavy atom. The zero-order chi connectivity index (χ0) is 14.5. The number of nitrogens with one attached hydrogen (secondary N) is 1. The van der Waals surface area contributed by atoms with Crippen LogP contribution in [0.4, 0.5) is 5.69 Å². The Kier molecular flexibility index (Phi) is 5.30. The van der Waals surface area contributed by atoms with Gasteiger partial charge in [0.05, 0.1) is 13.2 Å². The first-order valence-electron chi connectivity index (χ1n) is 7.17. The molecule has 0 amide bonds. The monoisotopic (exact) mass is 366 g/mol. The van der Waals surface area contributed by atoms with Gasteiger partial charge in [-0.1, -0.05) is 12.1 Å². The first-order chi connectivity index (χ1) is 10.3. The van der Waals surface area contributed by atoms with E-state index in [-0.39, 0.29) is 0 Å². The summed E-state index contributed by atoms with van der Waals surface area (Å²) >= 11 is 5.34. The van der Waals surface area contributed by atoms with Gasteiger partial charge in [0.25, 0.3) is 0 Å². The molecule has 2 heterocycles. The Bertz CT molecular complexity index is 564. The number of benzene rings is 1. The first-order valence-corrected chi connectivity index (χ1v) is 8.84. The average molecular weight is 367 g/mol. The molecule has 112 valence electrons. The van der Waals surface area contributed by atoms with E-state index in [4.69, 9.17) is 4.74 Å². The minimum atomic E-state index is 0.832. The molecule has 0 saturated carbocycles. The zero-order valence-corrected chi connectivity index (χ0v) is 14.3. The lowest BCUT2D eigenvalue weighted by Crippen LogP contribution is -2.36. The van der Waals surface area contributed by atoms with Crippen LogP contribution >= 0.6 is 27.3 Å². The van der Waals surface area contributed by atoms with Crippen LogP contribution in [0.5, 0.6) is 0 Å². The van der Waals surface area contributed by atoms with Gasteiger partial charge in [0.2, 0.25) is 0 Å². The Morgan fingerprint density at radius 3 is 2.52 bits per heavy atom. The molecule has 0 radical (unpaired) electrons. The predicted octanol–water partition coefficient (Wildman–Crippen LogP) is 3.64. The molecule has 5 heteroatoms. The molecule has 1 aromatic carbocycles. The van der Waals surface area contributed by atoms with Gasteiger partial charge >= 0.3 is 0 Å². The molecule has 3 nitrogen and oxygen atoms in total. The Labute approximate surface area is 138 Å². The molecule has 0 bridgehead atoms. The molecule has 1 N–H and O–H groups in total. The SMILES string of the molecule is Brc1ccsc1CNCc1ccc(N2CCOCC2)cc1. The summed E-state index contributed by atoms with van der Waals surface area (Å²) < 4.78 is 6.59. The van der Waals surface area contributed by atoms with E-state index in [1.807, 2.05) is 0 Å². The highest BCUT2D eigenvalue weighted by molar-refractivity contribution is 9.10. The Balaban J connectivity index is 1.51. The van der Waals surface area contributed by atoms with E-state index in [1.54, 1.807) is 11.3 Å². The largest absolute Gasteiger partial charge is 0.378 e. The average Bonchev–Trinajstić information content (AvgIpc) is 2.94. The van der Waals surface area contributed by atoms with Crippen LogP contribution in [0.25, 0.3) is 0 Å². The number of hydrogen-bond acceptors (Lipinski definition) is 4. The van der Waals surface area contributed by atoms with Crippen molar-refractivity contribution in [2.24, 2.45) is 0 Å². The quantitative estimate of drug-likeness (QED) is 0.873. The summed E-state index contributed by atoms with van der Waals surface area (Å²) in [6, 6.07) is 10.9.